The van der Waals surface area contributed by atoms with Crippen LogP contribution in [0, 0.1) is 24.0 Å². The van der Waals surface area contributed by atoms with E-state index in [0.717, 1.165) is 22.6 Å². The minimum atomic E-state index is -0.418. The van der Waals surface area contributed by atoms with Gasteiger partial charge in [-0.05, 0) is 32.9 Å². The average molecular weight is 260 g/mol. The number of nitrogens with zero attached hydrogens (tertiary/aromatic N) is 3. The van der Waals surface area contributed by atoms with Gasteiger partial charge in [-0.1, -0.05) is 0 Å². The lowest BCUT2D eigenvalue weighted by molar-refractivity contribution is -0.384. The van der Waals surface area contributed by atoms with Crippen LogP contribution in [0.15, 0.2) is 24.3 Å². The molecule has 19 heavy (non-hydrogen) atoms. The third-order valence-corrected chi connectivity index (χ3v) is 3.11. The number of nitro groups is 1. The molecule has 2 N–H and O–H groups in total. The molecule has 0 aliphatic heterocycles. The molecule has 2 rings (SSSR count). The van der Waals surface area contributed by atoms with Gasteiger partial charge in [0, 0.05) is 29.4 Å². The molecule has 6 nitrogen and oxygen atoms in total. The third kappa shape index (κ3) is 2.34. The molecule has 0 radical (unpaired) electrons. The van der Waals surface area contributed by atoms with E-state index in [0.29, 0.717) is 0 Å². The smallest absolute Gasteiger partial charge is 0.269 e. The number of hydrogen-bond donors (Lipinski definition) is 1. The molecular formula is C13H16N4O2. The predicted molar refractivity (Wildman–Crippen MR) is 72.3 cm³/mol. The van der Waals surface area contributed by atoms with E-state index >= 15 is 0 Å². The summed E-state index contributed by atoms with van der Waals surface area (Å²) in [6.45, 7) is 5.77. The van der Waals surface area contributed by atoms with Gasteiger partial charge in [0.15, 0.2) is 0 Å². The summed E-state index contributed by atoms with van der Waals surface area (Å²) in [5, 5.41) is 15.1. The van der Waals surface area contributed by atoms with Crippen LogP contribution in [0.4, 0.5) is 5.69 Å². The van der Waals surface area contributed by atoms with Gasteiger partial charge >= 0.3 is 0 Å². The molecule has 6 heteroatoms. The van der Waals surface area contributed by atoms with Crippen LogP contribution in [0.5, 0.6) is 0 Å². The molecule has 0 aliphatic rings. The van der Waals surface area contributed by atoms with Crippen LogP contribution in [-0.2, 0) is 0 Å². The van der Waals surface area contributed by atoms with Gasteiger partial charge in [-0.15, -0.1) is 0 Å². The molecule has 2 aromatic rings. The summed E-state index contributed by atoms with van der Waals surface area (Å²) in [5.74, 6) is 0. The standard InChI is InChI=1S/C13H16N4O2/c1-8(14)13-9(2)15-16(10(13)3)11-4-6-12(7-5-11)17(18)19/h4-8H,14H2,1-3H3. The summed E-state index contributed by atoms with van der Waals surface area (Å²) >= 11 is 0. The molecule has 1 atom stereocenters. The number of nitrogens with two attached hydrogens (primary N) is 1. The van der Waals surface area contributed by atoms with Crippen molar-refractivity contribution in [3.63, 3.8) is 0 Å². The first kappa shape index (κ1) is 13.2. The second-order valence-electron chi connectivity index (χ2n) is 4.56. The average Bonchev–Trinajstić information content (AvgIpc) is 2.65. The van der Waals surface area contributed by atoms with Crippen molar-refractivity contribution in [2.45, 2.75) is 26.8 Å². The number of non-ortho nitro benzene ring substituents is 1. The Morgan fingerprint density at radius 1 is 1.32 bits per heavy atom. The van der Waals surface area contributed by atoms with Crippen LogP contribution < -0.4 is 5.73 Å². The fourth-order valence-corrected chi connectivity index (χ4v) is 2.28. The van der Waals surface area contributed by atoms with Gasteiger partial charge in [-0.25, -0.2) is 4.68 Å². The Morgan fingerprint density at radius 2 is 1.89 bits per heavy atom. The SMILES string of the molecule is Cc1nn(-c2ccc([N+](=O)[O-])cc2)c(C)c1C(C)N. The minimum absolute atomic E-state index is 0.0673. The first-order valence-electron chi connectivity index (χ1n) is 5.98. The number of hydrogen-bond acceptors (Lipinski definition) is 4. The van der Waals surface area contributed by atoms with Crippen LogP contribution in [-0.4, -0.2) is 14.7 Å². The van der Waals surface area contributed by atoms with Crippen LogP contribution >= 0.6 is 0 Å². The summed E-state index contributed by atoms with van der Waals surface area (Å²) < 4.78 is 1.76. The number of aryl methyl sites for hydroxylation is 1. The molecule has 0 fully saturated rings. The highest BCUT2D eigenvalue weighted by Crippen LogP contribution is 2.23. The molecule has 1 unspecified atom stereocenters. The second-order valence-corrected chi connectivity index (χ2v) is 4.56. The first-order valence-corrected chi connectivity index (χ1v) is 5.98. The van der Waals surface area contributed by atoms with Crippen molar-refractivity contribution in [1.29, 1.82) is 0 Å². The van der Waals surface area contributed by atoms with E-state index in [1.807, 2.05) is 20.8 Å². The Hall–Kier alpha value is -2.21. The highest BCUT2D eigenvalue weighted by Gasteiger charge is 2.16. The van der Waals surface area contributed by atoms with Gasteiger partial charge in [-0.3, -0.25) is 10.1 Å². The largest absolute Gasteiger partial charge is 0.324 e. The van der Waals surface area contributed by atoms with Crippen LogP contribution in [0.3, 0.4) is 0 Å². The summed E-state index contributed by atoms with van der Waals surface area (Å²) in [6, 6.07) is 6.21. The monoisotopic (exact) mass is 260 g/mol. The van der Waals surface area contributed by atoms with Crippen molar-refractivity contribution in [3.05, 3.63) is 51.3 Å². The van der Waals surface area contributed by atoms with Gasteiger partial charge in [0.25, 0.3) is 5.69 Å². The molecule has 0 aliphatic carbocycles. The Kier molecular flexibility index (Phi) is 3.35. The topological polar surface area (TPSA) is 87.0 Å². The Bertz CT molecular complexity index is 614. The molecule has 0 bridgehead atoms. The van der Waals surface area contributed by atoms with Crippen molar-refractivity contribution in [2.24, 2.45) is 5.73 Å². The van der Waals surface area contributed by atoms with E-state index in [1.165, 1.54) is 12.1 Å². The highest BCUT2D eigenvalue weighted by molar-refractivity contribution is 5.43. The fraction of sp³-hybridized carbons (Fsp3) is 0.308. The first-order chi connectivity index (χ1) is 8.91. The van der Waals surface area contributed by atoms with Crippen LogP contribution in [0.1, 0.15) is 29.9 Å². The molecule has 0 amide bonds. The fourth-order valence-electron chi connectivity index (χ4n) is 2.28. The number of aromatic nitrogens is 2. The summed E-state index contributed by atoms with van der Waals surface area (Å²) in [5.41, 5.74) is 9.64. The normalized spacial score (nSPS) is 12.4. The predicted octanol–water partition coefficient (Wildman–Crippen LogP) is 2.42. The van der Waals surface area contributed by atoms with E-state index in [4.69, 9.17) is 5.73 Å². The van der Waals surface area contributed by atoms with Crippen molar-refractivity contribution >= 4 is 5.69 Å². The lowest BCUT2D eigenvalue weighted by Crippen LogP contribution is -2.07. The maximum atomic E-state index is 10.6. The zero-order valence-electron chi connectivity index (χ0n) is 11.1. The maximum absolute atomic E-state index is 10.6. The molecule has 100 valence electrons. The lowest BCUT2D eigenvalue weighted by Gasteiger charge is -2.07. The molecular weight excluding hydrogens is 244 g/mol. The zero-order valence-corrected chi connectivity index (χ0v) is 11.1. The molecule has 1 heterocycles. The van der Waals surface area contributed by atoms with Gasteiger partial charge in [0.05, 0.1) is 16.3 Å². The lowest BCUT2D eigenvalue weighted by atomic mass is 10.1. The second kappa shape index (κ2) is 4.81. The Morgan fingerprint density at radius 3 is 2.32 bits per heavy atom. The number of rotatable bonds is 3. The molecule has 1 aromatic carbocycles. The molecule has 0 saturated heterocycles. The van der Waals surface area contributed by atoms with Gasteiger partial charge < -0.3 is 5.73 Å². The quantitative estimate of drug-likeness (QED) is 0.678. The van der Waals surface area contributed by atoms with E-state index in [1.54, 1.807) is 16.8 Å². The van der Waals surface area contributed by atoms with Gasteiger partial charge in [-0.2, -0.15) is 5.10 Å². The van der Waals surface area contributed by atoms with Crippen molar-refractivity contribution < 1.29 is 4.92 Å². The van der Waals surface area contributed by atoms with E-state index in [9.17, 15) is 10.1 Å². The van der Waals surface area contributed by atoms with Crippen molar-refractivity contribution in [2.75, 3.05) is 0 Å². The highest BCUT2D eigenvalue weighted by atomic mass is 16.6. The molecule has 0 saturated carbocycles. The number of benzene rings is 1. The Labute approximate surface area is 111 Å². The van der Waals surface area contributed by atoms with Gasteiger partial charge in [0.2, 0.25) is 0 Å². The Balaban J connectivity index is 2.48. The zero-order chi connectivity index (χ0) is 14.2. The van der Waals surface area contributed by atoms with Crippen LogP contribution in [0.25, 0.3) is 5.69 Å². The van der Waals surface area contributed by atoms with Crippen molar-refractivity contribution in [1.82, 2.24) is 9.78 Å². The molecule has 0 spiro atoms. The minimum Gasteiger partial charge on any atom is -0.324 e. The van der Waals surface area contributed by atoms with Crippen molar-refractivity contribution in [3.8, 4) is 5.69 Å². The van der Waals surface area contributed by atoms with Gasteiger partial charge in [0.1, 0.15) is 0 Å². The molecule has 1 aromatic heterocycles. The maximum Gasteiger partial charge on any atom is 0.269 e. The van der Waals surface area contributed by atoms with E-state index < -0.39 is 4.92 Å². The third-order valence-electron chi connectivity index (χ3n) is 3.11. The van der Waals surface area contributed by atoms with Crippen LogP contribution in [0.2, 0.25) is 0 Å². The summed E-state index contributed by atoms with van der Waals surface area (Å²) in [7, 11) is 0. The summed E-state index contributed by atoms with van der Waals surface area (Å²) in [4.78, 5) is 10.2. The summed E-state index contributed by atoms with van der Waals surface area (Å²) in [6.07, 6.45) is 0. The number of nitro benzene ring substituents is 1. The van der Waals surface area contributed by atoms with E-state index in [2.05, 4.69) is 5.10 Å². The van der Waals surface area contributed by atoms with E-state index in [-0.39, 0.29) is 11.7 Å².